The average molecular weight is 270 g/mol. The maximum atomic E-state index is 5.74. The fourth-order valence-electron chi connectivity index (χ4n) is 2.01. The Bertz CT molecular complexity index is 768. The van der Waals surface area contributed by atoms with Crippen molar-refractivity contribution >= 4 is 28.4 Å². The van der Waals surface area contributed by atoms with Crippen molar-refractivity contribution in [1.29, 1.82) is 0 Å². The molecule has 3 aromatic rings. The number of nitrogen functional groups attached to an aromatic ring is 3. The second-order valence-electron chi connectivity index (χ2n) is 4.27. The first kappa shape index (κ1) is 12.2. The number of aryl methyl sites for hydroxylation is 1. The largest absolute Gasteiger partial charge is 0.393 e. The topological polar surface area (TPSA) is 135 Å². The number of aromatic nitrogens is 5. The number of fused-ring (bicyclic) bond motifs is 1. The predicted octanol–water partition coefficient (Wildman–Crippen LogP) is 0.655. The van der Waals surface area contributed by atoms with Gasteiger partial charge in [0.2, 0.25) is 0 Å². The summed E-state index contributed by atoms with van der Waals surface area (Å²) in [5.74, 6) is 0.644. The van der Waals surface area contributed by atoms with Gasteiger partial charge in [-0.2, -0.15) is 5.10 Å². The Morgan fingerprint density at radius 1 is 1.15 bits per heavy atom. The van der Waals surface area contributed by atoms with Crippen molar-refractivity contribution in [1.82, 2.24) is 24.7 Å². The van der Waals surface area contributed by atoms with Crippen molar-refractivity contribution in [2.75, 3.05) is 17.2 Å². The van der Waals surface area contributed by atoms with Gasteiger partial charge in [0.05, 0.1) is 5.39 Å². The zero-order chi connectivity index (χ0) is 14.3. The molecule has 20 heavy (non-hydrogen) atoms. The Morgan fingerprint density at radius 2 is 1.85 bits per heavy atom. The fraction of sp³-hybridized carbons (Fsp3) is 0.167. The van der Waals surface area contributed by atoms with E-state index in [-0.39, 0.29) is 17.3 Å². The van der Waals surface area contributed by atoms with Crippen molar-refractivity contribution in [3.8, 4) is 11.5 Å². The maximum absolute atomic E-state index is 5.74. The Morgan fingerprint density at radius 3 is 2.50 bits per heavy atom. The summed E-state index contributed by atoms with van der Waals surface area (Å²) in [7, 11) is 0. The highest BCUT2D eigenvalue weighted by atomic mass is 15.3. The molecule has 8 nitrogen and oxygen atoms in total. The smallest absolute Gasteiger partial charge is 0.184 e. The minimum absolute atomic E-state index is 0.149. The lowest BCUT2D eigenvalue weighted by atomic mass is 10.2. The molecule has 0 aliphatic carbocycles. The second-order valence-corrected chi connectivity index (χ2v) is 4.27. The van der Waals surface area contributed by atoms with E-state index < -0.39 is 0 Å². The van der Waals surface area contributed by atoms with E-state index in [1.54, 1.807) is 10.9 Å². The number of rotatable bonds is 2. The summed E-state index contributed by atoms with van der Waals surface area (Å²) in [5, 5.41) is 5.31. The van der Waals surface area contributed by atoms with E-state index in [0.717, 1.165) is 11.0 Å². The molecule has 0 amide bonds. The molecule has 102 valence electrons. The molecule has 0 aromatic carbocycles. The van der Waals surface area contributed by atoms with E-state index in [0.29, 0.717) is 18.1 Å². The van der Waals surface area contributed by atoms with Gasteiger partial charge in [-0.15, -0.1) is 0 Å². The Hall–Kier alpha value is -2.90. The summed E-state index contributed by atoms with van der Waals surface area (Å²) in [5.41, 5.74) is 18.7. The summed E-state index contributed by atoms with van der Waals surface area (Å²) in [4.78, 5) is 12.6. The molecule has 3 aromatic heterocycles. The number of pyridine rings is 1. The molecule has 3 heterocycles. The van der Waals surface area contributed by atoms with Crippen LogP contribution in [0.4, 0.5) is 17.3 Å². The highest BCUT2D eigenvalue weighted by Gasteiger charge is 2.16. The van der Waals surface area contributed by atoms with Gasteiger partial charge < -0.3 is 17.2 Å². The van der Waals surface area contributed by atoms with Crippen LogP contribution in [0.15, 0.2) is 18.3 Å². The summed E-state index contributed by atoms with van der Waals surface area (Å²) in [6.07, 6.45) is 1.71. The van der Waals surface area contributed by atoms with Crippen LogP contribution in [-0.4, -0.2) is 24.7 Å². The molecule has 0 bridgehead atoms. The second kappa shape index (κ2) is 4.34. The Kier molecular flexibility index (Phi) is 2.63. The van der Waals surface area contributed by atoms with Gasteiger partial charge in [0.15, 0.2) is 23.1 Å². The zero-order valence-corrected chi connectivity index (χ0v) is 10.9. The van der Waals surface area contributed by atoms with E-state index in [1.807, 2.05) is 19.1 Å². The number of nitrogens with two attached hydrogens (primary N) is 3. The molecule has 0 saturated carbocycles. The van der Waals surface area contributed by atoms with Gasteiger partial charge in [0, 0.05) is 12.7 Å². The highest BCUT2D eigenvalue weighted by molar-refractivity contribution is 5.90. The fourth-order valence-corrected chi connectivity index (χ4v) is 2.01. The van der Waals surface area contributed by atoms with Crippen LogP contribution in [0.25, 0.3) is 22.6 Å². The third kappa shape index (κ3) is 1.69. The van der Waals surface area contributed by atoms with Gasteiger partial charge in [-0.25, -0.2) is 19.6 Å². The third-order valence-electron chi connectivity index (χ3n) is 3.02. The lowest BCUT2D eigenvalue weighted by Gasteiger charge is -2.04. The first-order valence-corrected chi connectivity index (χ1v) is 6.12. The van der Waals surface area contributed by atoms with Gasteiger partial charge in [-0.3, -0.25) is 0 Å². The van der Waals surface area contributed by atoms with Gasteiger partial charge in [-0.05, 0) is 19.1 Å². The molecule has 6 N–H and O–H groups in total. The number of nitrogens with zero attached hydrogens (tertiary/aromatic N) is 5. The van der Waals surface area contributed by atoms with Crippen molar-refractivity contribution in [3.63, 3.8) is 0 Å². The van der Waals surface area contributed by atoms with Gasteiger partial charge in [-0.1, -0.05) is 0 Å². The Balaban J connectivity index is 2.30. The van der Waals surface area contributed by atoms with Gasteiger partial charge in [0.25, 0.3) is 0 Å². The molecule has 0 unspecified atom stereocenters. The monoisotopic (exact) mass is 270 g/mol. The van der Waals surface area contributed by atoms with E-state index in [9.17, 15) is 0 Å². The summed E-state index contributed by atoms with van der Waals surface area (Å²) in [6, 6.07) is 3.74. The normalized spacial score (nSPS) is 11.1. The molecule has 8 heteroatoms. The first-order chi connectivity index (χ1) is 9.61. The lowest BCUT2D eigenvalue weighted by molar-refractivity contribution is 0.678. The van der Waals surface area contributed by atoms with Gasteiger partial charge >= 0.3 is 0 Å². The molecule has 0 atom stereocenters. The van der Waals surface area contributed by atoms with E-state index in [2.05, 4.69) is 20.1 Å². The lowest BCUT2D eigenvalue weighted by Crippen LogP contribution is -2.07. The van der Waals surface area contributed by atoms with Gasteiger partial charge in [0.1, 0.15) is 11.4 Å². The predicted molar refractivity (Wildman–Crippen MR) is 77.5 cm³/mol. The minimum atomic E-state index is 0.149. The molecule has 0 radical (unpaired) electrons. The van der Waals surface area contributed by atoms with Crippen LogP contribution in [0.3, 0.4) is 0 Å². The first-order valence-electron chi connectivity index (χ1n) is 6.12. The maximum Gasteiger partial charge on any atom is 0.184 e. The standard InChI is InChI=1S/C12H14N8/c1-2-20-12-6(4-3-5-16-12)8(19-20)11-17-9(14)7(13)10(15)18-11/h3-5H,2,13H2,1H3,(H4,14,15,17,18). The van der Waals surface area contributed by atoms with Crippen molar-refractivity contribution in [3.05, 3.63) is 18.3 Å². The van der Waals surface area contributed by atoms with Crippen molar-refractivity contribution in [2.24, 2.45) is 0 Å². The SMILES string of the molecule is CCn1nc(-c2nc(N)c(N)c(N)n2)c2cccnc21. The molecule has 3 rings (SSSR count). The molecule has 0 saturated heterocycles. The van der Waals surface area contributed by atoms with Crippen LogP contribution in [0.5, 0.6) is 0 Å². The van der Waals surface area contributed by atoms with Crippen LogP contribution in [0.2, 0.25) is 0 Å². The van der Waals surface area contributed by atoms with Crippen LogP contribution >= 0.6 is 0 Å². The van der Waals surface area contributed by atoms with Crippen LogP contribution in [0.1, 0.15) is 6.92 Å². The molecule has 0 fully saturated rings. The molecule has 0 aliphatic heterocycles. The molecular weight excluding hydrogens is 256 g/mol. The quantitative estimate of drug-likeness (QED) is 0.622. The summed E-state index contributed by atoms with van der Waals surface area (Å²) >= 11 is 0. The Labute approximate surface area is 114 Å². The zero-order valence-electron chi connectivity index (χ0n) is 10.9. The van der Waals surface area contributed by atoms with E-state index in [1.165, 1.54) is 0 Å². The van der Waals surface area contributed by atoms with Crippen LogP contribution in [-0.2, 0) is 6.54 Å². The van der Waals surface area contributed by atoms with E-state index in [4.69, 9.17) is 17.2 Å². The minimum Gasteiger partial charge on any atom is -0.393 e. The number of hydrogen-bond acceptors (Lipinski definition) is 7. The highest BCUT2D eigenvalue weighted by Crippen LogP contribution is 2.28. The molecule has 0 aliphatic rings. The van der Waals surface area contributed by atoms with E-state index >= 15 is 0 Å². The molecular formula is C12H14N8. The van der Waals surface area contributed by atoms with Crippen LogP contribution < -0.4 is 17.2 Å². The number of hydrogen-bond donors (Lipinski definition) is 3. The third-order valence-corrected chi connectivity index (χ3v) is 3.02. The molecule has 0 spiro atoms. The van der Waals surface area contributed by atoms with Crippen LogP contribution in [0, 0.1) is 0 Å². The summed E-state index contributed by atoms with van der Waals surface area (Å²) in [6.45, 7) is 2.67. The van der Waals surface area contributed by atoms with Crippen molar-refractivity contribution in [2.45, 2.75) is 13.5 Å². The summed E-state index contributed by atoms with van der Waals surface area (Å²) < 4.78 is 1.77. The average Bonchev–Trinajstić information content (AvgIpc) is 2.83. The van der Waals surface area contributed by atoms with Crippen molar-refractivity contribution < 1.29 is 0 Å². The number of anilines is 3.